The van der Waals surface area contributed by atoms with E-state index in [1.54, 1.807) is 0 Å². The maximum absolute atomic E-state index is 11.4. The fraction of sp³-hybridized carbons (Fsp3) is 0.231. The number of nitro benzene ring substituents is 1. The molecule has 0 aliphatic rings. The third-order valence-electron chi connectivity index (χ3n) is 2.65. The number of carbonyl (C=O) groups is 2. The highest BCUT2D eigenvalue weighted by Gasteiger charge is 2.22. The van der Waals surface area contributed by atoms with Gasteiger partial charge < -0.3 is 14.6 Å². The van der Waals surface area contributed by atoms with Crippen LogP contribution in [0.1, 0.15) is 15.9 Å². The first-order valence-electron chi connectivity index (χ1n) is 5.69. The summed E-state index contributed by atoms with van der Waals surface area (Å²) in [5.41, 5.74) is -0.525. The van der Waals surface area contributed by atoms with Crippen LogP contribution in [-0.4, -0.2) is 43.1 Å². The lowest BCUT2D eigenvalue weighted by molar-refractivity contribution is -0.385. The van der Waals surface area contributed by atoms with E-state index in [0.29, 0.717) is 0 Å². The number of hydrogen-bond donors (Lipinski definition) is 1. The highest BCUT2D eigenvalue weighted by Crippen LogP contribution is 2.29. The second-order valence-corrected chi connectivity index (χ2v) is 3.90. The van der Waals surface area contributed by atoms with Gasteiger partial charge in [0.05, 0.1) is 29.8 Å². The van der Waals surface area contributed by atoms with E-state index in [1.807, 2.05) is 0 Å². The van der Waals surface area contributed by atoms with Gasteiger partial charge in [0.15, 0.2) is 12.0 Å². The molecular weight excluding hydrogens is 282 g/mol. The molecule has 0 radical (unpaired) electrons. The van der Waals surface area contributed by atoms with E-state index in [-0.39, 0.29) is 29.6 Å². The average Bonchev–Trinajstić information content (AvgIpc) is 2.50. The lowest BCUT2D eigenvalue weighted by atomic mass is 10.0. The number of methoxy groups -OCH3 is 2. The van der Waals surface area contributed by atoms with Crippen molar-refractivity contribution in [1.82, 2.24) is 0 Å². The number of aliphatic hydroxyl groups is 1. The van der Waals surface area contributed by atoms with Gasteiger partial charge >= 0.3 is 5.97 Å². The predicted octanol–water partition coefficient (Wildman–Crippen LogP) is 1.50. The van der Waals surface area contributed by atoms with E-state index in [1.165, 1.54) is 19.2 Å². The second-order valence-electron chi connectivity index (χ2n) is 3.90. The minimum Gasteiger partial charge on any atom is -0.504 e. The van der Waals surface area contributed by atoms with Crippen LogP contribution in [0.2, 0.25) is 0 Å². The molecule has 0 saturated heterocycles. The lowest BCUT2D eigenvalue weighted by Gasteiger charge is -2.09. The minimum absolute atomic E-state index is 0.0147. The van der Waals surface area contributed by atoms with Crippen molar-refractivity contribution >= 4 is 23.5 Å². The van der Waals surface area contributed by atoms with Crippen molar-refractivity contribution in [2.45, 2.75) is 0 Å². The summed E-state index contributed by atoms with van der Waals surface area (Å²) >= 11 is 0. The molecule has 0 aliphatic heterocycles. The number of nitrogens with zero attached hydrogens (tertiary/aromatic N) is 1. The van der Waals surface area contributed by atoms with Crippen LogP contribution >= 0.6 is 0 Å². The standard InChI is InChI=1S/C13H13NO7/c1-20-7-10(12(16)6-15)9-4-3-8(13(17)21-2)5-11(9)14(18)19/h3-6,16H,7H2,1-2H3/b12-10+. The molecule has 0 unspecified atom stereocenters. The van der Waals surface area contributed by atoms with Crippen LogP contribution in [0, 0.1) is 10.1 Å². The quantitative estimate of drug-likeness (QED) is 0.211. The molecule has 0 amide bonds. The topological polar surface area (TPSA) is 116 Å². The van der Waals surface area contributed by atoms with E-state index in [9.17, 15) is 24.8 Å². The van der Waals surface area contributed by atoms with Gasteiger partial charge in [-0.1, -0.05) is 0 Å². The molecule has 1 aromatic rings. The summed E-state index contributed by atoms with van der Waals surface area (Å²) in [5.74, 6) is -1.41. The number of nitro groups is 1. The van der Waals surface area contributed by atoms with Crippen molar-refractivity contribution in [3.63, 3.8) is 0 Å². The molecule has 0 bridgehead atoms. The molecule has 0 aliphatic carbocycles. The third-order valence-corrected chi connectivity index (χ3v) is 2.65. The van der Waals surface area contributed by atoms with Crippen LogP contribution in [0.15, 0.2) is 24.0 Å². The fourth-order valence-electron chi connectivity index (χ4n) is 1.69. The van der Waals surface area contributed by atoms with Gasteiger partial charge in [0.2, 0.25) is 0 Å². The zero-order valence-corrected chi connectivity index (χ0v) is 11.4. The van der Waals surface area contributed by atoms with Crippen LogP contribution in [-0.2, 0) is 14.3 Å². The molecule has 8 nitrogen and oxygen atoms in total. The molecule has 1 rings (SSSR count). The Morgan fingerprint density at radius 1 is 1.43 bits per heavy atom. The van der Waals surface area contributed by atoms with Gasteiger partial charge in [-0.25, -0.2) is 4.79 Å². The number of carbonyl (C=O) groups excluding carboxylic acids is 2. The maximum atomic E-state index is 11.4. The Labute approximate surface area is 119 Å². The Morgan fingerprint density at radius 2 is 2.10 bits per heavy atom. The number of esters is 1. The monoisotopic (exact) mass is 295 g/mol. The minimum atomic E-state index is -0.735. The third kappa shape index (κ3) is 3.63. The number of aldehydes is 1. The van der Waals surface area contributed by atoms with E-state index >= 15 is 0 Å². The smallest absolute Gasteiger partial charge is 0.338 e. The second kappa shape index (κ2) is 7.15. The van der Waals surface area contributed by atoms with Crippen LogP contribution in [0.25, 0.3) is 5.57 Å². The molecule has 8 heteroatoms. The van der Waals surface area contributed by atoms with Gasteiger partial charge in [0, 0.05) is 18.7 Å². The molecule has 21 heavy (non-hydrogen) atoms. The Bertz CT molecular complexity index is 607. The first-order chi connectivity index (χ1) is 9.96. The SMILES string of the molecule is COC/C(=C(\O)C=O)c1ccc(C(=O)OC)cc1[N+](=O)[O-]. The van der Waals surface area contributed by atoms with Gasteiger partial charge in [-0.15, -0.1) is 0 Å². The number of rotatable bonds is 6. The highest BCUT2D eigenvalue weighted by atomic mass is 16.6. The summed E-state index contributed by atoms with van der Waals surface area (Å²) in [5, 5.41) is 20.7. The first kappa shape index (κ1) is 16.3. The zero-order valence-electron chi connectivity index (χ0n) is 11.4. The number of aliphatic hydroxyl groups excluding tert-OH is 1. The summed E-state index contributed by atoms with van der Waals surface area (Å²) in [4.78, 5) is 32.5. The Morgan fingerprint density at radius 3 is 2.57 bits per heavy atom. The number of hydrogen-bond acceptors (Lipinski definition) is 7. The Kier molecular flexibility index (Phi) is 5.56. The van der Waals surface area contributed by atoms with Gasteiger partial charge in [-0.2, -0.15) is 0 Å². The van der Waals surface area contributed by atoms with Crippen LogP contribution < -0.4 is 0 Å². The van der Waals surface area contributed by atoms with E-state index < -0.39 is 22.3 Å². The lowest BCUT2D eigenvalue weighted by Crippen LogP contribution is -2.07. The maximum Gasteiger partial charge on any atom is 0.338 e. The molecule has 1 aromatic carbocycles. The summed E-state index contributed by atoms with van der Waals surface area (Å²) in [7, 11) is 2.46. The van der Waals surface area contributed by atoms with Crippen LogP contribution in [0.3, 0.4) is 0 Å². The largest absolute Gasteiger partial charge is 0.504 e. The normalized spacial score (nSPS) is 11.5. The van der Waals surface area contributed by atoms with Crippen molar-refractivity contribution in [3.8, 4) is 0 Å². The molecule has 0 spiro atoms. The molecule has 0 atom stereocenters. The van der Waals surface area contributed by atoms with Crippen LogP contribution in [0.4, 0.5) is 5.69 Å². The number of allylic oxidation sites excluding steroid dienone is 1. The van der Waals surface area contributed by atoms with Crippen molar-refractivity contribution in [2.75, 3.05) is 20.8 Å². The van der Waals surface area contributed by atoms with Gasteiger partial charge in [0.1, 0.15) is 0 Å². The average molecular weight is 295 g/mol. The van der Waals surface area contributed by atoms with Crippen molar-refractivity contribution < 1.29 is 29.1 Å². The van der Waals surface area contributed by atoms with Crippen molar-refractivity contribution in [2.24, 2.45) is 0 Å². The molecular formula is C13H13NO7. The Hall–Kier alpha value is -2.74. The molecule has 0 fully saturated rings. The Balaban J connectivity index is 3.51. The van der Waals surface area contributed by atoms with Crippen molar-refractivity contribution in [1.29, 1.82) is 0 Å². The molecule has 0 heterocycles. The summed E-state index contributed by atoms with van der Waals surface area (Å²) < 4.78 is 9.31. The van der Waals surface area contributed by atoms with Crippen molar-refractivity contribution in [3.05, 3.63) is 45.2 Å². The summed E-state index contributed by atoms with van der Waals surface area (Å²) in [6, 6.07) is 3.55. The van der Waals surface area contributed by atoms with Gasteiger partial charge in [0.25, 0.3) is 5.69 Å². The first-order valence-corrected chi connectivity index (χ1v) is 5.69. The van der Waals surface area contributed by atoms with E-state index in [2.05, 4.69) is 4.74 Å². The molecule has 112 valence electrons. The molecule has 1 N–H and O–H groups in total. The molecule has 0 saturated carbocycles. The van der Waals surface area contributed by atoms with E-state index in [0.717, 1.165) is 13.2 Å². The van der Waals surface area contributed by atoms with Gasteiger partial charge in [-0.3, -0.25) is 14.9 Å². The number of benzene rings is 1. The zero-order chi connectivity index (χ0) is 16.0. The summed E-state index contributed by atoms with van der Waals surface area (Å²) in [6.07, 6.45) is 0.159. The van der Waals surface area contributed by atoms with E-state index in [4.69, 9.17) is 4.74 Å². The number of ether oxygens (including phenoxy) is 2. The molecule has 0 aromatic heterocycles. The highest BCUT2D eigenvalue weighted by molar-refractivity contribution is 5.93. The summed E-state index contributed by atoms with van der Waals surface area (Å²) in [6.45, 7) is -0.205. The van der Waals surface area contributed by atoms with Gasteiger partial charge in [-0.05, 0) is 12.1 Å². The fourth-order valence-corrected chi connectivity index (χ4v) is 1.69. The van der Waals surface area contributed by atoms with Crippen LogP contribution in [0.5, 0.6) is 0 Å². The predicted molar refractivity (Wildman–Crippen MR) is 71.9 cm³/mol.